The van der Waals surface area contributed by atoms with Crippen LogP contribution in [0.2, 0.25) is 0 Å². The Morgan fingerprint density at radius 2 is 1.84 bits per heavy atom. The smallest absolute Gasteiger partial charge is 1.00 e. The summed E-state index contributed by atoms with van der Waals surface area (Å²) in [5.41, 5.74) is 8.24. The normalized spacial score (nSPS) is 16.0. The molecule has 0 spiro atoms. The molecule has 0 bridgehead atoms. The summed E-state index contributed by atoms with van der Waals surface area (Å²) < 4.78 is 17.5. The Morgan fingerprint density at radius 3 is 2.51 bits per heavy atom. The average molecular weight is 607 g/mol. The number of nitrogens with one attached hydrogen (secondary N) is 1. The van der Waals surface area contributed by atoms with Gasteiger partial charge in [-0.1, -0.05) is 54.6 Å². The van der Waals surface area contributed by atoms with Crippen LogP contribution in [0.4, 0.5) is 0 Å². The maximum Gasteiger partial charge on any atom is 1.00 e. The zero-order valence-electron chi connectivity index (χ0n) is 24.6. The van der Waals surface area contributed by atoms with Crippen LogP contribution in [0.3, 0.4) is 0 Å². The fraction of sp³-hybridized carbons (Fsp3) is 0.226. The molecule has 1 atom stereocenters. The summed E-state index contributed by atoms with van der Waals surface area (Å²) in [6.45, 7) is 1.87. The number of aliphatic hydroxyl groups is 1. The number of carbonyl (C=O) groups excluding carboxylic acids is 1. The molecule has 1 unspecified atom stereocenters. The number of aliphatic imine (C=N–C) groups is 1. The molecule has 2 aliphatic rings. The second-order valence-electron chi connectivity index (χ2n) is 10.3. The summed E-state index contributed by atoms with van der Waals surface area (Å²) in [7, 11) is 0. The predicted octanol–water partition coefficient (Wildman–Crippen LogP) is 1.51. The molecule has 2 aromatic heterocycles. The van der Waals surface area contributed by atoms with E-state index in [2.05, 4.69) is 27.2 Å². The van der Waals surface area contributed by atoms with Gasteiger partial charge in [-0.3, -0.25) is 0 Å². The van der Waals surface area contributed by atoms with Gasteiger partial charge >= 0.3 is 63.2 Å². The fourth-order valence-corrected chi connectivity index (χ4v) is 5.21. The van der Waals surface area contributed by atoms with Crippen molar-refractivity contribution >= 4 is 22.8 Å². The molecule has 0 radical (unpaired) electrons. The van der Waals surface area contributed by atoms with Crippen LogP contribution in [0.1, 0.15) is 59.0 Å². The molecule has 0 amide bonds. The Morgan fingerprint density at radius 1 is 1.07 bits per heavy atom. The minimum atomic E-state index is -1.24. The summed E-state index contributed by atoms with van der Waals surface area (Å²) >= 11 is 0. The number of hydrogen-bond donors (Lipinski definition) is 2. The number of ether oxygens (including phenoxy) is 1. The van der Waals surface area contributed by atoms with Gasteiger partial charge in [0.1, 0.15) is 5.82 Å². The van der Waals surface area contributed by atoms with Gasteiger partial charge < -0.3 is 24.7 Å². The fourth-order valence-electron chi connectivity index (χ4n) is 5.21. The third-order valence-corrected chi connectivity index (χ3v) is 7.42. The molecule has 1 aliphatic heterocycles. The molecular weight excluding hydrogens is 579 g/mol. The molecule has 7 rings (SSSR count). The Bertz CT molecular complexity index is 1910. The van der Waals surface area contributed by atoms with E-state index in [-0.39, 0.29) is 70.9 Å². The van der Waals surface area contributed by atoms with Crippen LogP contribution in [-0.4, -0.2) is 32.9 Å². The van der Waals surface area contributed by atoms with Crippen molar-refractivity contribution in [2.24, 2.45) is 4.99 Å². The van der Waals surface area contributed by atoms with E-state index in [1.807, 2.05) is 42.5 Å². The van der Waals surface area contributed by atoms with Crippen LogP contribution in [0.15, 0.2) is 85.4 Å². The van der Waals surface area contributed by atoms with Crippen molar-refractivity contribution in [3.05, 3.63) is 111 Å². The summed E-state index contributed by atoms with van der Waals surface area (Å²) in [5, 5.41) is 9.64. The molecule has 1 fully saturated rings. The monoisotopic (exact) mass is 606 g/mol. The van der Waals surface area contributed by atoms with Crippen LogP contribution >= 0.6 is 0 Å². The summed E-state index contributed by atoms with van der Waals surface area (Å²) in [6, 6.07) is 21.3. The van der Waals surface area contributed by atoms with Crippen molar-refractivity contribution < 1.29 is 81.1 Å². The number of hydroxylamine groups is 1. The van der Waals surface area contributed by atoms with E-state index in [9.17, 15) is 14.7 Å². The van der Waals surface area contributed by atoms with E-state index < -0.39 is 18.2 Å². The van der Waals surface area contributed by atoms with E-state index >= 15 is 0 Å². The first kappa shape index (κ1) is 29.7. The quantitative estimate of drug-likeness (QED) is 0.199. The molecular formula is C31H27KN4O7. The second kappa shape index (κ2) is 12.3. The number of carbonyl (C=O) groups is 1. The first-order chi connectivity index (χ1) is 20.4. The number of fused-ring (bicyclic) bond motifs is 1. The first-order valence-corrected chi connectivity index (χ1v) is 13.6. The molecule has 43 heavy (non-hydrogen) atoms. The van der Waals surface area contributed by atoms with Crippen LogP contribution in [0.5, 0.6) is 0 Å². The molecule has 1 aliphatic carbocycles. The number of aryl methyl sites for hydroxylation is 1. The third kappa shape index (κ3) is 6.04. The van der Waals surface area contributed by atoms with Gasteiger partial charge in [0.15, 0.2) is 24.0 Å². The van der Waals surface area contributed by atoms with Crippen molar-refractivity contribution in [1.82, 2.24) is 15.0 Å². The number of aromatic nitrogens is 2. The topological polar surface area (TPSA) is 141 Å². The number of hydrogen-bond acceptors (Lipinski definition) is 10. The van der Waals surface area contributed by atoms with Crippen molar-refractivity contribution in [2.75, 3.05) is 0 Å². The maximum absolute atomic E-state index is 13.3. The van der Waals surface area contributed by atoms with Crippen molar-refractivity contribution in [2.45, 2.75) is 45.2 Å². The number of aliphatic hydroxyl groups excluding tert-OH is 1. The molecule has 11 nitrogen and oxygen atoms in total. The number of imidazole rings is 1. The molecule has 0 saturated heterocycles. The Labute approximate surface area is 289 Å². The standard InChI is InChI=1S/C31H26N4O7.K.H/c1-17-25(41-31(38)40-17)16-39-29(36)23-7-4-8-24-26(23)35(28(32-24)20-13-14-20)15-18-9-11-19(12-10-18)21-5-2-3-6-22(21)27-33-30(37)42-34-27;;/h2-12,20,30,37H,13-16H2,1H3,(H,33,34);;/q;+1;-1. The number of para-hydroxylation sites is 1. The maximum atomic E-state index is 13.3. The number of benzene rings is 3. The van der Waals surface area contributed by atoms with Gasteiger partial charge in [-0.15, -0.1) is 0 Å². The van der Waals surface area contributed by atoms with Gasteiger partial charge in [0.2, 0.25) is 0 Å². The molecule has 3 aromatic carbocycles. The van der Waals surface area contributed by atoms with E-state index in [1.54, 1.807) is 19.1 Å². The van der Waals surface area contributed by atoms with Gasteiger partial charge in [0.05, 0.1) is 16.6 Å². The van der Waals surface area contributed by atoms with Crippen LogP contribution in [0.25, 0.3) is 22.2 Å². The van der Waals surface area contributed by atoms with Crippen LogP contribution in [-0.2, 0) is 22.7 Å². The van der Waals surface area contributed by atoms with E-state index in [1.165, 1.54) is 0 Å². The molecule has 5 aromatic rings. The zero-order chi connectivity index (χ0) is 28.8. The van der Waals surface area contributed by atoms with Crippen LogP contribution < -0.4 is 62.7 Å². The van der Waals surface area contributed by atoms with Crippen molar-refractivity contribution in [1.29, 1.82) is 0 Å². The summed E-state index contributed by atoms with van der Waals surface area (Å²) in [4.78, 5) is 38.6. The molecule has 1 saturated carbocycles. The minimum Gasteiger partial charge on any atom is -1.00 e. The summed E-state index contributed by atoms with van der Waals surface area (Å²) in [5.74, 6) is 0.819. The Balaban J connectivity index is 0.00000192. The zero-order valence-corrected chi connectivity index (χ0v) is 26.7. The van der Waals surface area contributed by atoms with Gasteiger partial charge in [0.25, 0.3) is 6.41 Å². The first-order valence-electron chi connectivity index (χ1n) is 13.6. The second-order valence-corrected chi connectivity index (χ2v) is 10.3. The number of amidine groups is 1. The molecule has 3 heterocycles. The van der Waals surface area contributed by atoms with E-state index in [0.717, 1.165) is 46.4 Å². The molecule has 214 valence electrons. The molecule has 2 N–H and O–H groups in total. The summed E-state index contributed by atoms with van der Waals surface area (Å²) in [6.07, 6.45) is 0.862. The number of nitrogens with zero attached hydrogens (tertiary/aromatic N) is 3. The predicted molar refractivity (Wildman–Crippen MR) is 152 cm³/mol. The van der Waals surface area contributed by atoms with Crippen molar-refractivity contribution in [3.63, 3.8) is 0 Å². The minimum absolute atomic E-state index is 0. The van der Waals surface area contributed by atoms with Crippen molar-refractivity contribution in [3.8, 4) is 11.1 Å². The van der Waals surface area contributed by atoms with Gasteiger partial charge in [-0.25, -0.2) is 29.9 Å². The average Bonchev–Trinajstić information content (AvgIpc) is 3.52. The SMILES string of the molecule is Cc1oc(=O)oc1COC(=O)c1cccc2nc(C3CC3)n(Cc3ccc(-c4ccccc4C4=NC(O)ON4)cc3)c12.[H-].[K+]. The van der Waals surface area contributed by atoms with E-state index in [0.29, 0.717) is 29.4 Å². The van der Waals surface area contributed by atoms with Gasteiger partial charge in [0, 0.05) is 18.0 Å². The number of rotatable bonds is 8. The Kier molecular flexibility index (Phi) is 8.51. The van der Waals surface area contributed by atoms with E-state index in [4.69, 9.17) is 23.4 Å². The third-order valence-electron chi connectivity index (χ3n) is 7.42. The largest absolute Gasteiger partial charge is 1.00 e. The Hall–Kier alpha value is -3.36. The molecule has 12 heteroatoms. The van der Waals surface area contributed by atoms with Gasteiger partial charge in [-0.2, -0.15) is 0 Å². The van der Waals surface area contributed by atoms with Gasteiger partial charge in [-0.05, 0) is 48.6 Å². The number of esters is 1. The van der Waals surface area contributed by atoms with Crippen LogP contribution in [0, 0.1) is 6.92 Å².